The van der Waals surface area contributed by atoms with Crippen molar-refractivity contribution < 1.29 is 3.07 Å². The Morgan fingerprint density at radius 3 is 2.38 bits per heavy atom. The summed E-state index contributed by atoms with van der Waals surface area (Å²) in [7, 11) is 0. The first-order chi connectivity index (χ1) is 10.0. The molecule has 2 heterocycles. The van der Waals surface area contributed by atoms with Gasteiger partial charge in [-0.1, -0.05) is 6.07 Å². The number of halogens is 1. The van der Waals surface area contributed by atoms with Gasteiger partial charge in [-0.15, -0.1) is 0 Å². The average Bonchev–Trinajstić information content (AvgIpc) is 2.73. The first kappa shape index (κ1) is 15.6. The molecule has 0 aliphatic carbocycles. The minimum atomic E-state index is 0.406. The van der Waals surface area contributed by atoms with Gasteiger partial charge in [-0.3, -0.25) is 4.90 Å². The summed E-state index contributed by atoms with van der Waals surface area (Å²) >= 11 is 1.96. The predicted molar refractivity (Wildman–Crippen MR) is 94.8 cm³/mol. The topological polar surface area (TPSA) is 38.5 Å². The lowest BCUT2D eigenvalue weighted by Crippen LogP contribution is -2.48. The number of rotatable bonds is 3. The Morgan fingerprint density at radius 1 is 1.19 bits per heavy atom. The third-order valence-electron chi connectivity index (χ3n) is 5.59. The van der Waals surface area contributed by atoms with Crippen molar-refractivity contribution in [3.8, 4) is 5.75 Å². The molecule has 2 bridgehead atoms. The van der Waals surface area contributed by atoms with Gasteiger partial charge in [-0.05, 0) is 69.2 Å². The van der Waals surface area contributed by atoms with Gasteiger partial charge in [0.2, 0.25) is 0 Å². The number of nitrogens with two attached hydrogens (primary N) is 1. The summed E-state index contributed by atoms with van der Waals surface area (Å²) in [5.74, 6) is 0.979. The summed E-state index contributed by atoms with van der Waals surface area (Å²) in [5.41, 5.74) is 10.3. The normalized spacial score (nSPS) is 30.4. The van der Waals surface area contributed by atoms with E-state index in [-0.39, 0.29) is 0 Å². The number of piperidine rings is 1. The van der Waals surface area contributed by atoms with Crippen molar-refractivity contribution in [3.63, 3.8) is 0 Å². The Balaban J connectivity index is 1.89. The van der Waals surface area contributed by atoms with Gasteiger partial charge in [0.15, 0.2) is 23.0 Å². The largest absolute Gasteiger partial charge is 0.427 e. The molecule has 4 heteroatoms. The van der Waals surface area contributed by atoms with Crippen LogP contribution < -0.4 is 8.80 Å². The third-order valence-corrected chi connectivity index (χ3v) is 6.06. The Kier molecular flexibility index (Phi) is 4.48. The van der Waals surface area contributed by atoms with Crippen molar-refractivity contribution >= 4 is 23.0 Å². The summed E-state index contributed by atoms with van der Waals surface area (Å²) in [6.45, 7) is 6.73. The average molecular weight is 400 g/mol. The van der Waals surface area contributed by atoms with Gasteiger partial charge in [0.25, 0.3) is 0 Å². The lowest BCUT2D eigenvalue weighted by molar-refractivity contribution is 0.0851. The third kappa shape index (κ3) is 2.70. The van der Waals surface area contributed by atoms with Crippen molar-refractivity contribution in [1.82, 2.24) is 4.90 Å². The Bertz CT molecular complexity index is 520. The fourth-order valence-corrected chi connectivity index (χ4v) is 4.88. The molecule has 0 saturated carbocycles. The van der Waals surface area contributed by atoms with Crippen molar-refractivity contribution in [1.29, 1.82) is 0 Å². The Morgan fingerprint density at radius 2 is 1.81 bits per heavy atom. The van der Waals surface area contributed by atoms with Crippen molar-refractivity contribution in [3.05, 3.63) is 28.8 Å². The fourth-order valence-electron chi connectivity index (χ4n) is 4.40. The van der Waals surface area contributed by atoms with E-state index in [4.69, 9.17) is 8.80 Å². The van der Waals surface area contributed by atoms with E-state index in [1.807, 2.05) is 23.0 Å². The second-order valence-corrected chi connectivity index (χ2v) is 7.16. The van der Waals surface area contributed by atoms with Crippen LogP contribution in [0.4, 0.5) is 0 Å². The first-order valence-electron chi connectivity index (χ1n) is 7.94. The summed E-state index contributed by atoms with van der Waals surface area (Å²) in [4.78, 5) is 2.73. The van der Waals surface area contributed by atoms with Crippen LogP contribution in [0.15, 0.2) is 12.1 Å². The van der Waals surface area contributed by atoms with Gasteiger partial charge in [0.1, 0.15) is 5.75 Å². The minimum Gasteiger partial charge on any atom is -0.427 e. The van der Waals surface area contributed by atoms with Crippen LogP contribution in [0.5, 0.6) is 5.75 Å². The molecule has 2 aliphatic rings. The molecule has 116 valence electrons. The van der Waals surface area contributed by atoms with E-state index in [0.717, 1.165) is 18.6 Å². The van der Waals surface area contributed by atoms with Crippen LogP contribution in [0, 0.1) is 13.8 Å². The SMILES string of the molecule is Cc1c(OI)ccc(C(C)N2C3CCC2CC(N)C3)c1C. The molecule has 3 atom stereocenters. The fraction of sp³-hybridized carbons (Fsp3) is 0.647. The molecule has 0 aromatic heterocycles. The van der Waals surface area contributed by atoms with Crippen LogP contribution in [-0.4, -0.2) is 23.0 Å². The summed E-state index contributed by atoms with van der Waals surface area (Å²) < 4.78 is 5.41. The second-order valence-electron chi connectivity index (χ2n) is 6.72. The highest BCUT2D eigenvalue weighted by molar-refractivity contribution is 14.1. The molecule has 3 nitrogen and oxygen atoms in total. The van der Waals surface area contributed by atoms with E-state index in [1.165, 1.54) is 29.5 Å². The smallest absolute Gasteiger partial charge is 0.192 e. The molecular weight excluding hydrogens is 375 g/mol. The number of hydrogen-bond acceptors (Lipinski definition) is 3. The number of benzene rings is 1. The van der Waals surface area contributed by atoms with Crippen molar-refractivity contribution in [2.75, 3.05) is 0 Å². The molecule has 2 saturated heterocycles. The van der Waals surface area contributed by atoms with Gasteiger partial charge in [-0.25, -0.2) is 0 Å². The van der Waals surface area contributed by atoms with Gasteiger partial charge in [0, 0.05) is 24.2 Å². The standard InChI is InChI=1S/C17H25IN2O/c1-10-11(2)17(21-18)7-6-16(10)12(3)20-14-4-5-15(20)9-13(19)8-14/h6-7,12-15H,4-5,8-9,19H2,1-3H3. The summed E-state index contributed by atoms with van der Waals surface area (Å²) in [6, 6.07) is 6.58. The zero-order valence-corrected chi connectivity index (χ0v) is 15.3. The van der Waals surface area contributed by atoms with E-state index >= 15 is 0 Å². The maximum absolute atomic E-state index is 6.20. The lowest BCUT2D eigenvalue weighted by Gasteiger charge is -2.42. The quantitative estimate of drug-likeness (QED) is 0.779. The van der Waals surface area contributed by atoms with Crippen molar-refractivity contribution in [2.45, 2.75) is 70.6 Å². The highest BCUT2D eigenvalue weighted by Crippen LogP contribution is 2.42. The van der Waals surface area contributed by atoms with Gasteiger partial charge < -0.3 is 8.80 Å². The lowest BCUT2D eigenvalue weighted by atomic mass is 9.91. The molecular formula is C17H25IN2O. The van der Waals surface area contributed by atoms with Gasteiger partial charge in [0.05, 0.1) is 0 Å². The molecule has 2 fully saturated rings. The number of fused-ring (bicyclic) bond motifs is 2. The predicted octanol–water partition coefficient (Wildman–Crippen LogP) is 4.05. The Labute approximate surface area is 141 Å². The van der Waals surface area contributed by atoms with Crippen LogP contribution >= 0.6 is 23.0 Å². The van der Waals surface area contributed by atoms with Crippen LogP contribution in [0.1, 0.15) is 55.3 Å². The monoisotopic (exact) mass is 400 g/mol. The maximum Gasteiger partial charge on any atom is 0.192 e. The molecule has 21 heavy (non-hydrogen) atoms. The molecule has 3 rings (SSSR count). The van der Waals surface area contributed by atoms with E-state index in [2.05, 4.69) is 37.8 Å². The van der Waals surface area contributed by atoms with Gasteiger partial charge >= 0.3 is 0 Å². The Hall–Kier alpha value is -0.330. The van der Waals surface area contributed by atoms with Crippen molar-refractivity contribution in [2.24, 2.45) is 5.73 Å². The molecule has 2 aliphatic heterocycles. The van der Waals surface area contributed by atoms with Crippen LogP contribution in [-0.2, 0) is 0 Å². The first-order valence-corrected chi connectivity index (χ1v) is 8.82. The van der Waals surface area contributed by atoms with E-state index in [0.29, 0.717) is 24.2 Å². The summed E-state index contributed by atoms with van der Waals surface area (Å²) in [6.07, 6.45) is 4.95. The molecule has 1 aromatic carbocycles. The van der Waals surface area contributed by atoms with E-state index < -0.39 is 0 Å². The van der Waals surface area contributed by atoms with E-state index in [9.17, 15) is 0 Å². The molecule has 0 radical (unpaired) electrons. The molecule has 1 aromatic rings. The minimum absolute atomic E-state index is 0.406. The molecule has 3 unspecified atom stereocenters. The molecule has 0 spiro atoms. The molecule has 0 amide bonds. The van der Waals surface area contributed by atoms with Crippen LogP contribution in [0.3, 0.4) is 0 Å². The highest BCUT2D eigenvalue weighted by Gasteiger charge is 2.42. The zero-order valence-electron chi connectivity index (χ0n) is 13.1. The molecule has 2 N–H and O–H groups in total. The maximum atomic E-state index is 6.20. The van der Waals surface area contributed by atoms with Crippen LogP contribution in [0.2, 0.25) is 0 Å². The van der Waals surface area contributed by atoms with E-state index in [1.54, 1.807) is 0 Å². The number of hydrogen-bond donors (Lipinski definition) is 1. The number of nitrogens with zero attached hydrogens (tertiary/aromatic N) is 1. The highest BCUT2D eigenvalue weighted by atomic mass is 127. The second kappa shape index (κ2) is 6.05. The van der Waals surface area contributed by atoms with Gasteiger partial charge in [-0.2, -0.15) is 0 Å². The zero-order chi connectivity index (χ0) is 15.1. The van der Waals surface area contributed by atoms with Crippen LogP contribution in [0.25, 0.3) is 0 Å². The summed E-state index contributed by atoms with van der Waals surface area (Å²) in [5, 5.41) is 0.